The van der Waals surface area contributed by atoms with E-state index >= 15 is 0 Å². The molecule has 0 aliphatic carbocycles. The lowest BCUT2D eigenvalue weighted by Crippen LogP contribution is -2.35. The Kier molecular flexibility index (Phi) is 6.50. The number of piperidine rings is 1. The van der Waals surface area contributed by atoms with Crippen LogP contribution in [-0.2, 0) is 10.0 Å². The molecule has 6 nitrogen and oxygen atoms in total. The quantitative estimate of drug-likeness (QED) is 0.742. The number of benzene rings is 2. The van der Waals surface area contributed by atoms with E-state index in [4.69, 9.17) is 27.9 Å². The van der Waals surface area contributed by atoms with Crippen molar-refractivity contribution in [2.75, 3.05) is 25.5 Å². The number of carbonyl (C=O) groups is 1. The zero-order chi connectivity index (χ0) is 20.3. The van der Waals surface area contributed by atoms with Gasteiger partial charge in [-0.2, -0.15) is 4.31 Å². The van der Waals surface area contributed by atoms with Crippen molar-refractivity contribution in [3.63, 3.8) is 0 Å². The van der Waals surface area contributed by atoms with Gasteiger partial charge in [0.25, 0.3) is 5.91 Å². The highest BCUT2D eigenvalue weighted by Gasteiger charge is 2.28. The third kappa shape index (κ3) is 4.43. The number of sulfonamides is 1. The minimum atomic E-state index is -3.75. The van der Waals surface area contributed by atoms with Crippen LogP contribution >= 0.6 is 23.2 Å². The molecule has 1 N–H and O–H groups in total. The first kappa shape index (κ1) is 20.9. The van der Waals surface area contributed by atoms with E-state index in [1.54, 1.807) is 18.2 Å². The van der Waals surface area contributed by atoms with Crippen molar-refractivity contribution in [3.05, 3.63) is 52.0 Å². The first-order valence-electron chi connectivity index (χ1n) is 8.77. The second-order valence-corrected chi connectivity index (χ2v) is 9.13. The lowest BCUT2D eigenvalue weighted by atomic mass is 10.2. The van der Waals surface area contributed by atoms with Gasteiger partial charge in [0.15, 0.2) is 0 Å². The van der Waals surface area contributed by atoms with E-state index in [0.717, 1.165) is 19.3 Å². The van der Waals surface area contributed by atoms with Gasteiger partial charge in [-0.15, -0.1) is 0 Å². The van der Waals surface area contributed by atoms with Gasteiger partial charge in [0.05, 0.1) is 17.2 Å². The smallest absolute Gasteiger partial charge is 0.255 e. The third-order valence-corrected chi connectivity index (χ3v) is 7.21. The van der Waals surface area contributed by atoms with Gasteiger partial charge in [-0.3, -0.25) is 4.79 Å². The first-order valence-corrected chi connectivity index (χ1v) is 11.0. The highest BCUT2D eigenvalue weighted by Crippen LogP contribution is 2.29. The van der Waals surface area contributed by atoms with E-state index in [9.17, 15) is 13.2 Å². The van der Waals surface area contributed by atoms with Crippen molar-refractivity contribution in [2.24, 2.45) is 0 Å². The molecular weight excluding hydrogens is 423 g/mol. The summed E-state index contributed by atoms with van der Waals surface area (Å²) >= 11 is 12.2. The summed E-state index contributed by atoms with van der Waals surface area (Å²) in [7, 11) is -2.26. The Morgan fingerprint density at radius 2 is 1.75 bits per heavy atom. The van der Waals surface area contributed by atoms with Crippen LogP contribution < -0.4 is 10.1 Å². The summed E-state index contributed by atoms with van der Waals surface area (Å²) in [5.74, 6) is 0.0223. The molecule has 0 spiro atoms. The lowest BCUT2D eigenvalue weighted by molar-refractivity contribution is 0.102. The van der Waals surface area contributed by atoms with Gasteiger partial charge in [0.1, 0.15) is 10.6 Å². The Labute approximate surface area is 174 Å². The number of anilines is 1. The maximum absolute atomic E-state index is 12.9. The molecule has 150 valence electrons. The monoisotopic (exact) mass is 442 g/mol. The van der Waals surface area contributed by atoms with Crippen molar-refractivity contribution in [3.8, 4) is 5.75 Å². The number of nitrogens with zero attached hydrogens (tertiary/aromatic N) is 1. The Morgan fingerprint density at radius 1 is 1.04 bits per heavy atom. The predicted octanol–water partition coefficient (Wildman–Crippen LogP) is 4.43. The van der Waals surface area contributed by atoms with Gasteiger partial charge >= 0.3 is 0 Å². The third-order valence-electron chi connectivity index (χ3n) is 4.54. The number of amides is 1. The van der Waals surface area contributed by atoms with Crippen LogP contribution in [0.2, 0.25) is 10.0 Å². The Morgan fingerprint density at radius 3 is 2.39 bits per heavy atom. The van der Waals surface area contributed by atoms with Crippen LogP contribution in [0.3, 0.4) is 0 Å². The number of hydrogen-bond acceptors (Lipinski definition) is 4. The summed E-state index contributed by atoms with van der Waals surface area (Å²) in [6, 6.07) is 9.05. The zero-order valence-corrected chi connectivity index (χ0v) is 17.6. The van der Waals surface area contributed by atoms with E-state index in [1.165, 1.54) is 29.6 Å². The van der Waals surface area contributed by atoms with Crippen molar-refractivity contribution in [1.82, 2.24) is 4.31 Å². The van der Waals surface area contributed by atoms with Crippen LogP contribution in [0.4, 0.5) is 5.69 Å². The van der Waals surface area contributed by atoms with Crippen LogP contribution in [0.1, 0.15) is 29.6 Å². The predicted molar refractivity (Wildman–Crippen MR) is 110 cm³/mol. The summed E-state index contributed by atoms with van der Waals surface area (Å²) in [6.45, 7) is 0.916. The number of hydrogen-bond donors (Lipinski definition) is 1. The van der Waals surface area contributed by atoms with Crippen molar-refractivity contribution in [2.45, 2.75) is 24.2 Å². The fraction of sp³-hybridized carbons (Fsp3) is 0.316. The van der Waals surface area contributed by atoms with E-state index in [-0.39, 0.29) is 15.5 Å². The molecule has 0 unspecified atom stereocenters. The molecule has 2 aromatic carbocycles. The normalized spacial score (nSPS) is 15.2. The maximum atomic E-state index is 12.9. The number of ether oxygens (including phenoxy) is 1. The number of nitrogens with one attached hydrogen (secondary N) is 1. The fourth-order valence-corrected chi connectivity index (χ4v) is 5.31. The summed E-state index contributed by atoms with van der Waals surface area (Å²) in [5.41, 5.74) is 0.651. The average Bonchev–Trinajstić information content (AvgIpc) is 2.69. The Hall–Kier alpha value is -1.80. The molecule has 9 heteroatoms. The molecular formula is C19H20Cl2N2O4S. The van der Waals surface area contributed by atoms with Crippen LogP contribution in [0.15, 0.2) is 41.3 Å². The summed E-state index contributed by atoms with van der Waals surface area (Å²) in [6.07, 6.45) is 2.64. The second-order valence-electron chi connectivity index (χ2n) is 6.41. The molecule has 1 heterocycles. The molecule has 28 heavy (non-hydrogen) atoms. The molecule has 0 bridgehead atoms. The molecule has 1 amide bonds. The molecule has 0 atom stereocenters. The molecule has 3 rings (SSSR count). The van der Waals surface area contributed by atoms with E-state index < -0.39 is 15.9 Å². The van der Waals surface area contributed by atoms with Gasteiger partial charge in [0.2, 0.25) is 10.0 Å². The molecule has 1 saturated heterocycles. The van der Waals surface area contributed by atoms with Crippen molar-refractivity contribution in [1.29, 1.82) is 0 Å². The van der Waals surface area contributed by atoms with Crippen LogP contribution in [-0.4, -0.2) is 38.8 Å². The SMILES string of the molecule is COc1ccc(NC(=O)c2ccc(Cl)c(S(=O)(=O)N3CCCCC3)c2)cc1Cl. The highest BCUT2D eigenvalue weighted by molar-refractivity contribution is 7.89. The molecule has 0 radical (unpaired) electrons. The van der Waals surface area contributed by atoms with Crippen LogP contribution in [0.25, 0.3) is 0 Å². The lowest BCUT2D eigenvalue weighted by Gasteiger charge is -2.26. The molecule has 1 fully saturated rings. The number of rotatable bonds is 5. The van der Waals surface area contributed by atoms with E-state index in [1.807, 2.05) is 0 Å². The van der Waals surface area contributed by atoms with E-state index in [0.29, 0.717) is 29.5 Å². The second kappa shape index (κ2) is 8.69. The van der Waals surface area contributed by atoms with Gasteiger partial charge in [-0.1, -0.05) is 29.6 Å². The minimum Gasteiger partial charge on any atom is -0.495 e. The molecule has 0 aromatic heterocycles. The van der Waals surface area contributed by atoms with E-state index in [2.05, 4.69) is 5.32 Å². The Bertz CT molecular complexity index is 989. The summed E-state index contributed by atoms with van der Waals surface area (Å²) in [4.78, 5) is 12.6. The number of methoxy groups -OCH3 is 1. The largest absolute Gasteiger partial charge is 0.495 e. The highest BCUT2D eigenvalue weighted by atomic mass is 35.5. The maximum Gasteiger partial charge on any atom is 0.255 e. The standard InChI is InChI=1S/C19H20Cl2N2O4S/c1-27-17-8-6-14(12-16(17)21)22-19(24)13-5-7-15(20)18(11-13)28(25,26)23-9-3-2-4-10-23/h5-8,11-12H,2-4,9-10H2,1H3,(H,22,24). The first-order chi connectivity index (χ1) is 13.3. The summed E-state index contributed by atoms with van der Waals surface area (Å²) < 4.78 is 32.4. The molecule has 1 aliphatic heterocycles. The van der Waals surface area contributed by atoms with Crippen LogP contribution in [0.5, 0.6) is 5.75 Å². The number of carbonyl (C=O) groups excluding carboxylic acids is 1. The van der Waals surface area contributed by atoms with Crippen LogP contribution in [0, 0.1) is 0 Å². The summed E-state index contributed by atoms with van der Waals surface area (Å²) in [5, 5.41) is 3.14. The van der Waals surface area contributed by atoms with Gasteiger partial charge in [-0.05, 0) is 49.2 Å². The molecule has 2 aromatic rings. The zero-order valence-electron chi connectivity index (χ0n) is 15.2. The molecule has 1 aliphatic rings. The average molecular weight is 443 g/mol. The van der Waals surface area contributed by atoms with Gasteiger partial charge in [-0.25, -0.2) is 8.42 Å². The molecule has 0 saturated carbocycles. The van der Waals surface area contributed by atoms with Gasteiger partial charge < -0.3 is 10.1 Å². The van der Waals surface area contributed by atoms with Crippen molar-refractivity contribution < 1.29 is 17.9 Å². The number of halogens is 2. The van der Waals surface area contributed by atoms with Crippen molar-refractivity contribution >= 4 is 44.8 Å². The fourth-order valence-electron chi connectivity index (χ4n) is 3.03. The minimum absolute atomic E-state index is 0.0588. The van der Waals surface area contributed by atoms with Gasteiger partial charge in [0, 0.05) is 24.3 Å². The Balaban J connectivity index is 1.86. The topological polar surface area (TPSA) is 75.7 Å².